The van der Waals surface area contributed by atoms with Crippen molar-refractivity contribution in [3.63, 3.8) is 0 Å². The standard InChI is InChI=1S/C16H22N4O5/c1-3-11-17-12(25-18-11)10-24-13(21)9-20-14(22)16(19(2)15(20)23)7-5-4-6-8-16/h3-10H2,1-2H3. The molecule has 0 N–H and O–H groups in total. The topological polar surface area (TPSA) is 106 Å². The lowest BCUT2D eigenvalue weighted by molar-refractivity contribution is -0.149. The number of likely N-dealkylation sites (N-methyl/N-ethyl adjacent to an activating group) is 1. The molecule has 3 amide bonds. The van der Waals surface area contributed by atoms with Crippen LogP contribution in [0.4, 0.5) is 4.79 Å². The Balaban J connectivity index is 1.60. The molecular weight excluding hydrogens is 328 g/mol. The zero-order valence-electron chi connectivity index (χ0n) is 14.5. The average molecular weight is 350 g/mol. The van der Waals surface area contributed by atoms with Gasteiger partial charge in [-0.1, -0.05) is 31.3 Å². The van der Waals surface area contributed by atoms with Crippen molar-refractivity contribution in [1.82, 2.24) is 19.9 Å². The first-order valence-electron chi connectivity index (χ1n) is 8.55. The van der Waals surface area contributed by atoms with E-state index in [1.807, 2.05) is 6.92 Å². The van der Waals surface area contributed by atoms with Crippen molar-refractivity contribution in [2.45, 2.75) is 57.6 Å². The summed E-state index contributed by atoms with van der Waals surface area (Å²) in [5.74, 6) is -0.274. The van der Waals surface area contributed by atoms with Crippen LogP contribution >= 0.6 is 0 Å². The first-order valence-corrected chi connectivity index (χ1v) is 8.55. The Hall–Kier alpha value is -2.45. The number of rotatable bonds is 5. The van der Waals surface area contributed by atoms with Crippen LogP contribution < -0.4 is 0 Å². The number of carbonyl (C=O) groups excluding carboxylic acids is 3. The number of hydrogen-bond acceptors (Lipinski definition) is 7. The molecule has 0 radical (unpaired) electrons. The van der Waals surface area contributed by atoms with Crippen molar-refractivity contribution in [3.8, 4) is 0 Å². The third kappa shape index (κ3) is 3.10. The lowest BCUT2D eigenvalue weighted by Gasteiger charge is -2.35. The summed E-state index contributed by atoms with van der Waals surface area (Å²) in [6.07, 6.45) is 4.76. The first kappa shape index (κ1) is 17.4. The molecule has 1 aliphatic carbocycles. The molecule has 1 saturated carbocycles. The number of aryl methyl sites for hydroxylation is 1. The summed E-state index contributed by atoms with van der Waals surface area (Å²) in [6, 6.07) is -0.449. The van der Waals surface area contributed by atoms with Gasteiger partial charge in [0, 0.05) is 13.5 Å². The highest BCUT2D eigenvalue weighted by molar-refractivity contribution is 6.08. The second-order valence-electron chi connectivity index (χ2n) is 6.44. The molecule has 1 spiro atoms. The van der Waals surface area contributed by atoms with Gasteiger partial charge in [0.05, 0.1) is 0 Å². The van der Waals surface area contributed by atoms with E-state index < -0.39 is 24.1 Å². The van der Waals surface area contributed by atoms with Crippen molar-refractivity contribution < 1.29 is 23.6 Å². The molecule has 0 unspecified atom stereocenters. The monoisotopic (exact) mass is 350 g/mol. The molecule has 1 aliphatic heterocycles. The van der Waals surface area contributed by atoms with Crippen LogP contribution in [0.3, 0.4) is 0 Å². The van der Waals surface area contributed by atoms with E-state index >= 15 is 0 Å². The van der Waals surface area contributed by atoms with Crippen molar-refractivity contribution in [1.29, 1.82) is 0 Å². The van der Waals surface area contributed by atoms with Gasteiger partial charge in [-0.25, -0.2) is 4.79 Å². The van der Waals surface area contributed by atoms with Gasteiger partial charge >= 0.3 is 12.0 Å². The summed E-state index contributed by atoms with van der Waals surface area (Å²) < 4.78 is 9.99. The smallest absolute Gasteiger partial charge is 0.327 e. The fourth-order valence-corrected chi connectivity index (χ4v) is 3.48. The van der Waals surface area contributed by atoms with E-state index in [0.717, 1.165) is 24.2 Å². The van der Waals surface area contributed by atoms with Crippen LogP contribution in [0.25, 0.3) is 0 Å². The van der Waals surface area contributed by atoms with E-state index in [-0.39, 0.29) is 18.4 Å². The molecule has 2 heterocycles. The maximum Gasteiger partial charge on any atom is 0.327 e. The number of imide groups is 1. The molecule has 1 aromatic rings. The predicted octanol–water partition coefficient (Wildman–Crippen LogP) is 1.27. The van der Waals surface area contributed by atoms with Gasteiger partial charge in [0.1, 0.15) is 12.1 Å². The highest BCUT2D eigenvalue weighted by atomic mass is 16.6. The molecule has 1 saturated heterocycles. The molecule has 3 rings (SSSR count). The lowest BCUT2D eigenvalue weighted by Crippen LogP contribution is -2.49. The van der Waals surface area contributed by atoms with Crippen LogP contribution in [0.15, 0.2) is 4.52 Å². The summed E-state index contributed by atoms with van der Waals surface area (Å²) in [4.78, 5) is 43.7. The van der Waals surface area contributed by atoms with E-state index in [0.29, 0.717) is 25.1 Å². The normalized spacial score (nSPS) is 19.8. The van der Waals surface area contributed by atoms with Crippen molar-refractivity contribution >= 4 is 17.9 Å². The Labute approximate surface area is 145 Å². The van der Waals surface area contributed by atoms with Crippen molar-refractivity contribution in [2.75, 3.05) is 13.6 Å². The number of nitrogens with zero attached hydrogens (tertiary/aromatic N) is 4. The highest BCUT2D eigenvalue weighted by Crippen LogP contribution is 2.39. The minimum Gasteiger partial charge on any atom is -0.454 e. The Morgan fingerprint density at radius 1 is 1.28 bits per heavy atom. The van der Waals surface area contributed by atoms with Gasteiger partial charge < -0.3 is 14.2 Å². The van der Waals surface area contributed by atoms with E-state index in [1.54, 1.807) is 7.05 Å². The number of amides is 3. The van der Waals surface area contributed by atoms with Gasteiger partial charge in [-0.15, -0.1) is 0 Å². The van der Waals surface area contributed by atoms with Gasteiger partial charge in [0.25, 0.3) is 11.8 Å². The summed E-state index contributed by atoms with van der Waals surface area (Å²) in [5, 5.41) is 3.70. The fraction of sp³-hybridized carbons (Fsp3) is 0.688. The summed E-state index contributed by atoms with van der Waals surface area (Å²) in [7, 11) is 1.63. The molecule has 0 bridgehead atoms. The number of hydrogen-bond donors (Lipinski definition) is 0. The highest BCUT2D eigenvalue weighted by Gasteiger charge is 2.55. The number of esters is 1. The van der Waals surface area contributed by atoms with Crippen LogP contribution in [-0.4, -0.2) is 57.0 Å². The second-order valence-corrected chi connectivity index (χ2v) is 6.44. The SMILES string of the molecule is CCc1noc(COC(=O)CN2C(=O)N(C)C3(CCCCC3)C2=O)n1. The Morgan fingerprint density at radius 2 is 2.00 bits per heavy atom. The van der Waals surface area contributed by atoms with Crippen molar-refractivity contribution in [3.05, 3.63) is 11.7 Å². The Morgan fingerprint density at radius 3 is 2.64 bits per heavy atom. The van der Waals surface area contributed by atoms with Gasteiger partial charge in [-0.3, -0.25) is 14.5 Å². The minimum atomic E-state index is -0.794. The first-order chi connectivity index (χ1) is 12.0. The second kappa shape index (κ2) is 6.81. The maximum absolute atomic E-state index is 12.8. The fourth-order valence-electron chi connectivity index (χ4n) is 3.48. The Kier molecular flexibility index (Phi) is 4.73. The summed E-state index contributed by atoms with van der Waals surface area (Å²) in [5.41, 5.74) is -0.794. The van der Waals surface area contributed by atoms with E-state index in [4.69, 9.17) is 9.26 Å². The molecule has 25 heavy (non-hydrogen) atoms. The van der Waals surface area contributed by atoms with Crippen LogP contribution in [0, 0.1) is 0 Å². The summed E-state index contributed by atoms with van der Waals surface area (Å²) >= 11 is 0. The molecule has 0 atom stereocenters. The van der Waals surface area contributed by atoms with E-state index in [1.165, 1.54) is 4.90 Å². The predicted molar refractivity (Wildman–Crippen MR) is 84.2 cm³/mol. The number of carbonyl (C=O) groups is 3. The molecule has 0 aromatic carbocycles. The molecule has 136 valence electrons. The van der Waals surface area contributed by atoms with Crippen LogP contribution in [-0.2, 0) is 27.4 Å². The number of ether oxygens (including phenoxy) is 1. The number of aromatic nitrogens is 2. The molecule has 2 aliphatic rings. The van der Waals surface area contributed by atoms with Gasteiger partial charge in [0.15, 0.2) is 12.4 Å². The molecule has 1 aromatic heterocycles. The van der Waals surface area contributed by atoms with E-state index in [9.17, 15) is 14.4 Å². The molecular formula is C16H22N4O5. The Bertz CT molecular complexity index is 680. The third-order valence-electron chi connectivity index (χ3n) is 4.95. The molecule has 2 fully saturated rings. The van der Waals surface area contributed by atoms with Gasteiger partial charge in [0.2, 0.25) is 0 Å². The maximum atomic E-state index is 12.8. The third-order valence-corrected chi connectivity index (χ3v) is 4.95. The van der Waals surface area contributed by atoms with E-state index in [2.05, 4.69) is 10.1 Å². The average Bonchev–Trinajstić information content (AvgIpc) is 3.16. The lowest BCUT2D eigenvalue weighted by atomic mass is 9.81. The van der Waals surface area contributed by atoms with Crippen LogP contribution in [0.5, 0.6) is 0 Å². The van der Waals surface area contributed by atoms with Crippen LogP contribution in [0.2, 0.25) is 0 Å². The largest absolute Gasteiger partial charge is 0.454 e. The van der Waals surface area contributed by atoms with Gasteiger partial charge in [-0.2, -0.15) is 4.98 Å². The number of urea groups is 1. The van der Waals surface area contributed by atoms with Crippen LogP contribution in [0.1, 0.15) is 50.7 Å². The molecule has 9 heteroatoms. The summed E-state index contributed by atoms with van der Waals surface area (Å²) in [6.45, 7) is 1.30. The van der Waals surface area contributed by atoms with Gasteiger partial charge in [-0.05, 0) is 12.8 Å². The quantitative estimate of drug-likeness (QED) is 0.581. The molecule has 9 nitrogen and oxygen atoms in total. The minimum absolute atomic E-state index is 0.178. The zero-order chi connectivity index (χ0) is 18.0. The van der Waals surface area contributed by atoms with Crippen molar-refractivity contribution in [2.24, 2.45) is 0 Å². The zero-order valence-corrected chi connectivity index (χ0v) is 14.5.